The fourth-order valence-corrected chi connectivity index (χ4v) is 4.10. The minimum Gasteiger partial charge on any atom is -0.496 e. The zero-order valence-corrected chi connectivity index (χ0v) is 22.9. The number of ketones is 1. The molecule has 0 saturated carbocycles. The molecule has 2 heterocycles. The van der Waals surface area contributed by atoms with Crippen LogP contribution in [0.3, 0.4) is 0 Å². The van der Waals surface area contributed by atoms with Gasteiger partial charge in [-0.2, -0.15) is 0 Å². The lowest BCUT2D eigenvalue weighted by Gasteiger charge is -2.19. The highest BCUT2D eigenvalue weighted by atomic mass is 16.5. The van der Waals surface area contributed by atoms with E-state index in [1.165, 1.54) is 0 Å². The van der Waals surface area contributed by atoms with Crippen molar-refractivity contribution in [3.8, 4) is 5.75 Å². The summed E-state index contributed by atoms with van der Waals surface area (Å²) in [6, 6.07) is 6.18. The molecule has 38 heavy (non-hydrogen) atoms. The molecule has 0 spiro atoms. The molecule has 0 radical (unpaired) electrons. The van der Waals surface area contributed by atoms with Crippen LogP contribution in [0, 0.1) is 11.8 Å². The van der Waals surface area contributed by atoms with Crippen LogP contribution in [0.1, 0.15) is 51.0 Å². The summed E-state index contributed by atoms with van der Waals surface area (Å²) in [5.74, 6) is -0.810. The Labute approximate surface area is 223 Å². The molecule has 2 unspecified atom stereocenters. The van der Waals surface area contributed by atoms with Gasteiger partial charge in [0.1, 0.15) is 18.1 Å². The van der Waals surface area contributed by atoms with E-state index in [-0.39, 0.29) is 18.9 Å². The molecule has 1 aromatic heterocycles. The van der Waals surface area contributed by atoms with E-state index in [9.17, 15) is 24.3 Å². The molecule has 2 atom stereocenters. The topological polar surface area (TPSA) is 139 Å². The van der Waals surface area contributed by atoms with Gasteiger partial charge in [0.2, 0.25) is 11.8 Å². The lowest BCUT2D eigenvalue weighted by atomic mass is 9.96. The van der Waals surface area contributed by atoms with E-state index in [1.807, 2.05) is 19.1 Å². The molecule has 10 heteroatoms. The number of ether oxygens (including phenoxy) is 1. The van der Waals surface area contributed by atoms with Crippen molar-refractivity contribution in [1.82, 2.24) is 20.5 Å². The first kappa shape index (κ1) is 30.6. The molecule has 3 rings (SSSR count). The number of Topliss-reactive ketones (excluding diaryl/α,β-unsaturated/α-hetero) is 1. The summed E-state index contributed by atoms with van der Waals surface area (Å²) in [5.41, 5.74) is 1.97. The number of aliphatic hydroxyl groups excluding tert-OH is 1. The fraction of sp³-hybridized carbons (Fsp3) is 0.500. The molecule has 3 amide bonds. The van der Waals surface area contributed by atoms with Gasteiger partial charge in [0.05, 0.1) is 25.2 Å². The van der Waals surface area contributed by atoms with Crippen LogP contribution in [-0.2, 0) is 20.9 Å². The molecular weight excluding hydrogens is 488 g/mol. The van der Waals surface area contributed by atoms with Crippen LogP contribution >= 0.6 is 0 Å². The summed E-state index contributed by atoms with van der Waals surface area (Å²) in [6.45, 7) is 12.1. The minimum absolute atomic E-state index is 0.0948. The van der Waals surface area contributed by atoms with E-state index in [0.29, 0.717) is 31.0 Å². The summed E-state index contributed by atoms with van der Waals surface area (Å²) in [5, 5.41) is 17.8. The Hall–Kier alpha value is -3.66. The van der Waals surface area contributed by atoms with Crippen LogP contribution in [0.25, 0.3) is 10.9 Å². The van der Waals surface area contributed by atoms with Crippen molar-refractivity contribution >= 4 is 34.4 Å². The average Bonchev–Trinajstić information content (AvgIpc) is 3.43. The predicted octanol–water partition coefficient (Wildman–Crippen LogP) is 2.19. The Kier molecular flexibility index (Phi) is 11.5. The van der Waals surface area contributed by atoms with Gasteiger partial charge in [-0.3, -0.25) is 19.2 Å². The lowest BCUT2D eigenvalue weighted by molar-refractivity contribution is -0.130. The molecule has 208 valence electrons. The van der Waals surface area contributed by atoms with Crippen LogP contribution in [0.2, 0.25) is 0 Å². The molecule has 1 aliphatic rings. The highest BCUT2D eigenvalue weighted by Gasteiger charge is 2.31. The molecule has 1 aliphatic heterocycles. The number of nitrogens with one attached hydrogen (secondary N) is 3. The van der Waals surface area contributed by atoms with Crippen molar-refractivity contribution in [3.63, 3.8) is 0 Å². The van der Waals surface area contributed by atoms with Gasteiger partial charge in [-0.25, -0.2) is 0 Å². The quantitative estimate of drug-likeness (QED) is 0.330. The van der Waals surface area contributed by atoms with E-state index in [0.717, 1.165) is 22.4 Å². The Morgan fingerprint density at radius 2 is 1.95 bits per heavy atom. The third kappa shape index (κ3) is 8.44. The molecule has 4 N–H and O–H groups in total. The number of rotatable bonds is 11. The number of fused-ring (bicyclic) bond motifs is 1. The minimum atomic E-state index is -1.01. The van der Waals surface area contributed by atoms with E-state index in [1.54, 1.807) is 23.8 Å². The van der Waals surface area contributed by atoms with Gasteiger partial charge in [-0.1, -0.05) is 39.0 Å². The molecule has 0 aliphatic carbocycles. The number of carbonyl (C=O) groups is 4. The summed E-state index contributed by atoms with van der Waals surface area (Å²) >= 11 is 0. The standard InChI is InChI=1S/C24H30N4O6.C4H10/c1-14(2)12-28-18-5-4-6-21(34-3)16(18)10-19(28)24(33)26-11-22(31)27-17(20(30)13-29)9-15-7-8-25-23(15)32;1-4(2)3/h4-6,10,15,17,29H,1,7-9,11-13H2,2-3H3,(H,25,32)(H,26,33)(H,27,31);4H,1-3H3. The van der Waals surface area contributed by atoms with Crippen molar-refractivity contribution in [2.75, 3.05) is 26.8 Å². The number of amides is 3. The number of carbonyl (C=O) groups excluding carboxylic acids is 4. The second kappa shape index (κ2) is 14.3. The number of aromatic nitrogens is 1. The van der Waals surface area contributed by atoms with Crippen LogP contribution in [0.4, 0.5) is 0 Å². The smallest absolute Gasteiger partial charge is 0.268 e. The molecule has 10 nitrogen and oxygen atoms in total. The number of nitrogens with zero attached hydrogens (tertiary/aromatic N) is 1. The third-order valence-electron chi connectivity index (χ3n) is 5.76. The van der Waals surface area contributed by atoms with Gasteiger partial charge in [0.15, 0.2) is 5.78 Å². The largest absolute Gasteiger partial charge is 0.496 e. The van der Waals surface area contributed by atoms with Gasteiger partial charge >= 0.3 is 0 Å². The Morgan fingerprint density at radius 3 is 2.50 bits per heavy atom. The predicted molar refractivity (Wildman–Crippen MR) is 146 cm³/mol. The maximum Gasteiger partial charge on any atom is 0.268 e. The highest BCUT2D eigenvalue weighted by molar-refractivity contribution is 6.02. The Morgan fingerprint density at radius 1 is 1.26 bits per heavy atom. The Balaban J connectivity index is 0.00000118. The maximum atomic E-state index is 13.0. The van der Waals surface area contributed by atoms with Crippen molar-refractivity contribution in [1.29, 1.82) is 0 Å². The molecule has 1 fully saturated rings. The van der Waals surface area contributed by atoms with Gasteiger partial charge in [-0.15, -0.1) is 0 Å². The van der Waals surface area contributed by atoms with Crippen molar-refractivity contribution in [2.24, 2.45) is 11.8 Å². The normalized spacial score (nSPS) is 15.3. The average molecular weight is 529 g/mol. The number of benzene rings is 1. The van der Waals surface area contributed by atoms with E-state index in [4.69, 9.17) is 4.74 Å². The fourth-order valence-electron chi connectivity index (χ4n) is 4.10. The molecule has 2 aromatic rings. The lowest BCUT2D eigenvalue weighted by Crippen LogP contribution is -2.47. The summed E-state index contributed by atoms with van der Waals surface area (Å²) in [7, 11) is 1.55. The number of aliphatic hydroxyl groups is 1. The van der Waals surface area contributed by atoms with Crippen LogP contribution < -0.4 is 20.7 Å². The van der Waals surface area contributed by atoms with Gasteiger partial charge in [0, 0.05) is 24.4 Å². The van der Waals surface area contributed by atoms with E-state index >= 15 is 0 Å². The zero-order chi connectivity index (χ0) is 28.4. The number of methoxy groups -OCH3 is 1. The molecule has 0 bridgehead atoms. The van der Waals surface area contributed by atoms with Gasteiger partial charge in [-0.05, 0) is 43.9 Å². The van der Waals surface area contributed by atoms with Crippen molar-refractivity contribution in [2.45, 2.75) is 53.1 Å². The van der Waals surface area contributed by atoms with E-state index in [2.05, 4.69) is 43.3 Å². The Bertz CT molecular complexity index is 1170. The number of hydrogen-bond donors (Lipinski definition) is 4. The second-order valence-corrected chi connectivity index (χ2v) is 10.1. The van der Waals surface area contributed by atoms with Gasteiger partial charge in [0.25, 0.3) is 5.91 Å². The SMILES string of the molecule is C=C(C)Cn1c(C(=O)NCC(=O)NC(CC2CCNC2=O)C(=O)CO)cc2c(OC)cccc21.CC(C)C. The van der Waals surface area contributed by atoms with Crippen LogP contribution in [0.15, 0.2) is 36.4 Å². The monoisotopic (exact) mass is 528 g/mol. The van der Waals surface area contributed by atoms with Crippen LogP contribution in [-0.4, -0.2) is 66.0 Å². The second-order valence-electron chi connectivity index (χ2n) is 10.1. The molecule has 1 aromatic carbocycles. The first-order valence-corrected chi connectivity index (χ1v) is 12.8. The van der Waals surface area contributed by atoms with Crippen molar-refractivity contribution < 1.29 is 29.0 Å². The summed E-state index contributed by atoms with van der Waals surface area (Å²) in [6.07, 6.45) is 0.648. The maximum absolute atomic E-state index is 13.0. The number of hydrogen-bond acceptors (Lipinski definition) is 6. The van der Waals surface area contributed by atoms with E-state index < -0.39 is 36.2 Å². The van der Waals surface area contributed by atoms with Crippen LogP contribution in [0.5, 0.6) is 5.75 Å². The third-order valence-corrected chi connectivity index (χ3v) is 5.76. The first-order valence-electron chi connectivity index (χ1n) is 12.8. The highest BCUT2D eigenvalue weighted by Crippen LogP contribution is 2.29. The first-order chi connectivity index (χ1) is 18.0. The van der Waals surface area contributed by atoms with Gasteiger partial charge < -0.3 is 30.4 Å². The summed E-state index contributed by atoms with van der Waals surface area (Å²) in [4.78, 5) is 49.4. The summed E-state index contributed by atoms with van der Waals surface area (Å²) < 4.78 is 7.20. The molecular formula is C28H40N4O6. The number of allylic oxidation sites excluding steroid dienone is 1. The molecule has 1 saturated heterocycles. The zero-order valence-electron chi connectivity index (χ0n) is 22.9. The van der Waals surface area contributed by atoms with Crippen molar-refractivity contribution in [3.05, 3.63) is 42.1 Å².